The highest BCUT2D eigenvalue weighted by atomic mass is 15.1. The van der Waals surface area contributed by atoms with E-state index in [4.69, 9.17) is 11.0 Å². The van der Waals surface area contributed by atoms with Crippen molar-refractivity contribution in [2.45, 2.75) is 19.5 Å². The van der Waals surface area contributed by atoms with Gasteiger partial charge in [0.15, 0.2) is 0 Å². The highest BCUT2D eigenvalue weighted by Crippen LogP contribution is 2.20. The minimum atomic E-state index is 0.340. The third-order valence-corrected chi connectivity index (χ3v) is 3.56. The summed E-state index contributed by atoms with van der Waals surface area (Å²) >= 11 is 0. The molecule has 3 rings (SSSR count). The topological polar surface area (TPSA) is 78.8 Å². The molecule has 0 spiro atoms. The molecule has 0 fully saturated rings. The fourth-order valence-electron chi connectivity index (χ4n) is 2.53. The summed E-state index contributed by atoms with van der Waals surface area (Å²) in [6.45, 7) is 2.49. The Bertz CT molecular complexity index is 674. The monoisotopic (exact) mass is 265 g/mol. The van der Waals surface area contributed by atoms with E-state index in [1.807, 2.05) is 24.3 Å². The van der Waals surface area contributed by atoms with Crippen LogP contribution in [0.2, 0.25) is 0 Å². The van der Waals surface area contributed by atoms with E-state index in [9.17, 15) is 0 Å². The van der Waals surface area contributed by atoms with Crippen LogP contribution in [0.3, 0.4) is 0 Å². The van der Waals surface area contributed by atoms with Gasteiger partial charge in [-0.3, -0.25) is 4.90 Å². The largest absolute Gasteiger partial charge is 0.368 e. The minimum absolute atomic E-state index is 0.340. The Hall–Kier alpha value is -2.45. The third kappa shape index (κ3) is 2.46. The second-order valence-corrected chi connectivity index (χ2v) is 4.93. The molecule has 2 heterocycles. The molecule has 100 valence electrons. The number of aromatic nitrogens is 2. The van der Waals surface area contributed by atoms with Gasteiger partial charge in [-0.2, -0.15) is 5.26 Å². The Morgan fingerprint density at radius 1 is 1.35 bits per heavy atom. The van der Waals surface area contributed by atoms with E-state index in [-0.39, 0.29) is 0 Å². The number of nitrogens with two attached hydrogens (primary N) is 1. The number of hydrogen-bond acceptors (Lipinski definition) is 5. The average Bonchev–Trinajstić information content (AvgIpc) is 2.48. The number of rotatable bonds is 2. The first-order valence-electron chi connectivity index (χ1n) is 6.57. The summed E-state index contributed by atoms with van der Waals surface area (Å²) in [6, 6.07) is 9.97. The zero-order valence-electron chi connectivity index (χ0n) is 11.1. The summed E-state index contributed by atoms with van der Waals surface area (Å²) in [5.74, 6) is 0.340. The van der Waals surface area contributed by atoms with Crippen LogP contribution in [0.1, 0.15) is 22.4 Å². The number of anilines is 1. The number of nitrogens with zero attached hydrogens (tertiary/aromatic N) is 4. The van der Waals surface area contributed by atoms with E-state index < -0.39 is 0 Å². The highest BCUT2D eigenvalue weighted by Gasteiger charge is 2.18. The number of nitriles is 1. The molecule has 1 aliphatic rings. The number of fused-ring (bicyclic) bond motifs is 1. The molecule has 0 atom stereocenters. The van der Waals surface area contributed by atoms with Crippen LogP contribution in [-0.2, 0) is 19.5 Å². The van der Waals surface area contributed by atoms with E-state index in [0.29, 0.717) is 5.95 Å². The predicted molar refractivity (Wildman–Crippen MR) is 75.4 cm³/mol. The van der Waals surface area contributed by atoms with Gasteiger partial charge in [0.2, 0.25) is 5.95 Å². The maximum atomic E-state index is 9.13. The molecule has 20 heavy (non-hydrogen) atoms. The van der Waals surface area contributed by atoms with Crippen LogP contribution in [0, 0.1) is 11.3 Å². The summed E-state index contributed by atoms with van der Waals surface area (Å²) in [4.78, 5) is 10.6. The van der Waals surface area contributed by atoms with Crippen molar-refractivity contribution in [3.8, 4) is 6.07 Å². The van der Waals surface area contributed by atoms with E-state index >= 15 is 0 Å². The first-order chi connectivity index (χ1) is 9.76. The maximum Gasteiger partial charge on any atom is 0.220 e. The predicted octanol–water partition coefficient (Wildman–Crippen LogP) is 1.49. The van der Waals surface area contributed by atoms with E-state index in [2.05, 4.69) is 20.9 Å². The second kappa shape index (κ2) is 5.27. The summed E-state index contributed by atoms with van der Waals surface area (Å²) in [5, 5.41) is 9.13. The number of nitrogen functional groups attached to an aromatic ring is 1. The first kappa shape index (κ1) is 12.6. The standard InChI is InChI=1S/C15H15N5/c16-7-11-3-1-2-4-12(11)9-20-6-5-14-13(10-20)8-18-15(17)19-14/h1-4,8H,5-6,9-10H2,(H2,17,18,19). The lowest BCUT2D eigenvalue weighted by atomic mass is 10.0. The molecule has 0 bridgehead atoms. The van der Waals surface area contributed by atoms with Gasteiger partial charge in [-0.15, -0.1) is 0 Å². The molecule has 5 nitrogen and oxygen atoms in total. The highest BCUT2D eigenvalue weighted by molar-refractivity contribution is 5.37. The SMILES string of the molecule is N#Cc1ccccc1CN1CCc2nc(N)ncc2C1. The molecule has 0 unspecified atom stereocenters. The van der Waals surface area contributed by atoms with Crippen molar-refractivity contribution in [3.63, 3.8) is 0 Å². The molecule has 2 N–H and O–H groups in total. The molecular weight excluding hydrogens is 250 g/mol. The van der Waals surface area contributed by atoms with Gasteiger partial charge >= 0.3 is 0 Å². The molecule has 0 radical (unpaired) electrons. The zero-order chi connectivity index (χ0) is 13.9. The lowest BCUT2D eigenvalue weighted by molar-refractivity contribution is 0.243. The zero-order valence-corrected chi connectivity index (χ0v) is 11.1. The lowest BCUT2D eigenvalue weighted by Crippen LogP contribution is -2.31. The Labute approximate surface area is 117 Å². The second-order valence-electron chi connectivity index (χ2n) is 4.93. The van der Waals surface area contributed by atoms with Gasteiger partial charge in [0.25, 0.3) is 0 Å². The molecule has 1 aromatic heterocycles. The van der Waals surface area contributed by atoms with Crippen LogP contribution in [0.4, 0.5) is 5.95 Å². The molecule has 0 saturated carbocycles. The van der Waals surface area contributed by atoms with Gasteiger partial charge in [-0.25, -0.2) is 9.97 Å². The van der Waals surface area contributed by atoms with Crippen molar-refractivity contribution < 1.29 is 0 Å². The van der Waals surface area contributed by atoms with Gasteiger partial charge in [0, 0.05) is 37.8 Å². The van der Waals surface area contributed by atoms with Gasteiger partial charge in [-0.05, 0) is 11.6 Å². The summed E-state index contributed by atoms with van der Waals surface area (Å²) in [6.07, 6.45) is 2.68. The lowest BCUT2D eigenvalue weighted by Gasteiger charge is -2.28. The van der Waals surface area contributed by atoms with Crippen molar-refractivity contribution in [1.29, 1.82) is 5.26 Å². The smallest absolute Gasteiger partial charge is 0.220 e. The Morgan fingerprint density at radius 2 is 2.20 bits per heavy atom. The summed E-state index contributed by atoms with van der Waals surface area (Å²) < 4.78 is 0. The van der Waals surface area contributed by atoms with E-state index in [1.165, 1.54) is 0 Å². The first-order valence-corrected chi connectivity index (χ1v) is 6.57. The third-order valence-electron chi connectivity index (χ3n) is 3.56. The van der Waals surface area contributed by atoms with Crippen LogP contribution in [0.15, 0.2) is 30.5 Å². The molecule has 5 heteroatoms. The quantitative estimate of drug-likeness (QED) is 0.890. The normalized spacial score (nSPS) is 14.6. The van der Waals surface area contributed by atoms with Gasteiger partial charge in [-0.1, -0.05) is 18.2 Å². The van der Waals surface area contributed by atoms with Crippen LogP contribution < -0.4 is 5.73 Å². The molecule has 1 aromatic carbocycles. The van der Waals surface area contributed by atoms with Crippen molar-refractivity contribution in [1.82, 2.24) is 14.9 Å². The van der Waals surface area contributed by atoms with Gasteiger partial charge < -0.3 is 5.73 Å². The van der Waals surface area contributed by atoms with Crippen LogP contribution in [0.5, 0.6) is 0 Å². The average molecular weight is 265 g/mol. The summed E-state index contributed by atoms with van der Waals surface area (Å²) in [5.41, 5.74) is 9.58. The van der Waals surface area contributed by atoms with Crippen molar-refractivity contribution in [2.75, 3.05) is 12.3 Å². The van der Waals surface area contributed by atoms with Gasteiger partial charge in [0.1, 0.15) is 0 Å². The van der Waals surface area contributed by atoms with Gasteiger partial charge in [0.05, 0.1) is 17.3 Å². The fraction of sp³-hybridized carbons (Fsp3) is 0.267. The summed E-state index contributed by atoms with van der Waals surface area (Å²) in [7, 11) is 0. The Morgan fingerprint density at radius 3 is 3.05 bits per heavy atom. The van der Waals surface area contributed by atoms with Crippen molar-refractivity contribution in [2.24, 2.45) is 0 Å². The molecule has 0 saturated heterocycles. The molecule has 2 aromatic rings. The van der Waals surface area contributed by atoms with Crippen LogP contribution in [0.25, 0.3) is 0 Å². The maximum absolute atomic E-state index is 9.13. The number of hydrogen-bond donors (Lipinski definition) is 1. The van der Waals surface area contributed by atoms with Crippen LogP contribution in [-0.4, -0.2) is 21.4 Å². The van der Waals surface area contributed by atoms with E-state index in [1.54, 1.807) is 6.20 Å². The Balaban J connectivity index is 1.78. The van der Waals surface area contributed by atoms with Crippen LogP contribution >= 0.6 is 0 Å². The molecular formula is C15H15N5. The minimum Gasteiger partial charge on any atom is -0.368 e. The number of benzene rings is 1. The fourth-order valence-corrected chi connectivity index (χ4v) is 2.53. The Kier molecular flexibility index (Phi) is 3.32. The molecule has 0 amide bonds. The molecule has 0 aliphatic carbocycles. The van der Waals surface area contributed by atoms with Crippen molar-refractivity contribution in [3.05, 3.63) is 52.8 Å². The van der Waals surface area contributed by atoms with Crippen molar-refractivity contribution >= 4 is 5.95 Å². The van der Waals surface area contributed by atoms with E-state index in [0.717, 1.165) is 48.4 Å². The molecule has 1 aliphatic heterocycles.